The topological polar surface area (TPSA) is 25.8 Å². The van der Waals surface area contributed by atoms with Crippen LogP contribution in [-0.4, -0.2) is 10.2 Å². The maximum absolute atomic E-state index is 3.76. The van der Waals surface area contributed by atoms with Crippen molar-refractivity contribution in [2.45, 2.75) is 12.8 Å². The molecule has 0 spiro atoms. The van der Waals surface area contributed by atoms with Gasteiger partial charge in [-0.05, 0) is 11.6 Å². The molecule has 52 valence electrons. The third kappa shape index (κ3) is 1.41. The largest absolute Gasteiger partial charge is 0.159 e. The number of allylic oxidation sites excluding steroid dienone is 1. The van der Waals surface area contributed by atoms with Crippen LogP contribution in [0.1, 0.15) is 18.4 Å². The summed E-state index contributed by atoms with van der Waals surface area (Å²) in [4.78, 5) is 0. The molecular formula is C8H10N2. The molecule has 0 N–H and O–H groups in total. The van der Waals surface area contributed by atoms with Gasteiger partial charge in [0, 0.05) is 12.1 Å². The minimum atomic E-state index is 0.371. The summed E-state index contributed by atoms with van der Waals surface area (Å²) < 4.78 is 0. The van der Waals surface area contributed by atoms with Crippen molar-refractivity contribution in [2.75, 3.05) is 0 Å². The summed E-state index contributed by atoms with van der Waals surface area (Å²) in [6.45, 7) is 5.76. The van der Waals surface area contributed by atoms with Crippen molar-refractivity contribution in [3.63, 3.8) is 0 Å². The molecule has 10 heavy (non-hydrogen) atoms. The van der Waals surface area contributed by atoms with Gasteiger partial charge in [-0.2, -0.15) is 10.2 Å². The average molecular weight is 134 g/mol. The van der Waals surface area contributed by atoms with Crippen LogP contribution in [0.4, 0.5) is 0 Å². The van der Waals surface area contributed by atoms with E-state index in [0.29, 0.717) is 5.92 Å². The Labute approximate surface area is 60.6 Å². The Balaban J connectivity index is 2.84. The van der Waals surface area contributed by atoms with Crippen LogP contribution in [0, 0.1) is 0 Å². The molecule has 0 saturated heterocycles. The van der Waals surface area contributed by atoms with Crippen LogP contribution in [0.5, 0.6) is 0 Å². The summed E-state index contributed by atoms with van der Waals surface area (Å²) in [6.07, 6.45) is 5.33. The van der Waals surface area contributed by atoms with Crippen molar-refractivity contribution in [3.05, 3.63) is 36.7 Å². The SMILES string of the molecule is C=CC(C)c1ccnnc1. The highest BCUT2D eigenvalue weighted by Crippen LogP contribution is 2.12. The van der Waals surface area contributed by atoms with E-state index in [4.69, 9.17) is 0 Å². The van der Waals surface area contributed by atoms with Crippen LogP contribution in [0.3, 0.4) is 0 Å². The molecule has 0 bridgehead atoms. The van der Waals surface area contributed by atoms with Gasteiger partial charge >= 0.3 is 0 Å². The first-order valence-electron chi connectivity index (χ1n) is 3.23. The van der Waals surface area contributed by atoms with Crippen LogP contribution in [0.15, 0.2) is 31.1 Å². The Morgan fingerprint density at radius 2 is 2.40 bits per heavy atom. The molecule has 1 unspecified atom stereocenters. The molecule has 0 fully saturated rings. The van der Waals surface area contributed by atoms with E-state index in [-0.39, 0.29) is 0 Å². The Bertz CT molecular complexity index is 206. The van der Waals surface area contributed by atoms with E-state index >= 15 is 0 Å². The summed E-state index contributed by atoms with van der Waals surface area (Å²) in [5.74, 6) is 0.371. The predicted octanol–water partition coefficient (Wildman–Crippen LogP) is 1.77. The molecule has 2 nitrogen and oxygen atoms in total. The van der Waals surface area contributed by atoms with Gasteiger partial charge in [0.15, 0.2) is 0 Å². The maximum Gasteiger partial charge on any atom is 0.0534 e. The van der Waals surface area contributed by atoms with E-state index in [1.165, 1.54) is 0 Å². The highest BCUT2D eigenvalue weighted by Gasteiger charge is 1.97. The van der Waals surface area contributed by atoms with Gasteiger partial charge in [-0.25, -0.2) is 0 Å². The highest BCUT2D eigenvalue weighted by molar-refractivity contribution is 5.15. The fourth-order valence-electron chi connectivity index (χ4n) is 0.706. The smallest absolute Gasteiger partial charge is 0.0534 e. The fraction of sp³-hybridized carbons (Fsp3) is 0.250. The normalized spacial score (nSPS) is 12.5. The Morgan fingerprint density at radius 1 is 1.60 bits per heavy atom. The summed E-state index contributed by atoms with van der Waals surface area (Å²) >= 11 is 0. The minimum Gasteiger partial charge on any atom is -0.159 e. The quantitative estimate of drug-likeness (QED) is 0.576. The average Bonchev–Trinajstić information content (AvgIpc) is 2.05. The first kappa shape index (κ1) is 6.93. The van der Waals surface area contributed by atoms with Crippen molar-refractivity contribution < 1.29 is 0 Å². The monoisotopic (exact) mass is 134 g/mol. The predicted molar refractivity (Wildman–Crippen MR) is 40.6 cm³/mol. The van der Waals surface area contributed by atoms with Gasteiger partial charge < -0.3 is 0 Å². The molecule has 0 aromatic carbocycles. The second-order valence-electron chi connectivity index (χ2n) is 2.20. The van der Waals surface area contributed by atoms with Crippen LogP contribution in [0.25, 0.3) is 0 Å². The lowest BCUT2D eigenvalue weighted by molar-refractivity contribution is 0.916. The molecule has 0 amide bonds. The number of rotatable bonds is 2. The van der Waals surface area contributed by atoms with Gasteiger partial charge in [-0.3, -0.25) is 0 Å². The number of hydrogen-bond donors (Lipinski definition) is 0. The molecule has 1 heterocycles. The number of nitrogens with zero attached hydrogens (tertiary/aromatic N) is 2. The standard InChI is InChI=1S/C8H10N2/c1-3-7(2)8-4-5-9-10-6-8/h3-7H,1H2,2H3. The lowest BCUT2D eigenvalue weighted by atomic mass is 10.1. The molecule has 0 aliphatic rings. The van der Waals surface area contributed by atoms with Gasteiger partial charge in [0.1, 0.15) is 0 Å². The van der Waals surface area contributed by atoms with Gasteiger partial charge in [-0.1, -0.05) is 13.0 Å². The maximum atomic E-state index is 3.76. The molecule has 1 aromatic heterocycles. The van der Waals surface area contributed by atoms with Crippen molar-refractivity contribution in [1.29, 1.82) is 0 Å². The Kier molecular flexibility index (Phi) is 2.15. The fourth-order valence-corrected chi connectivity index (χ4v) is 0.706. The lowest BCUT2D eigenvalue weighted by Gasteiger charge is -2.02. The number of aromatic nitrogens is 2. The van der Waals surface area contributed by atoms with Gasteiger partial charge in [0.25, 0.3) is 0 Å². The molecular weight excluding hydrogens is 124 g/mol. The van der Waals surface area contributed by atoms with E-state index in [2.05, 4.69) is 23.7 Å². The van der Waals surface area contributed by atoms with E-state index < -0.39 is 0 Å². The molecule has 2 heteroatoms. The molecule has 1 atom stereocenters. The third-order valence-electron chi connectivity index (χ3n) is 1.49. The molecule has 1 aromatic rings. The van der Waals surface area contributed by atoms with Crippen LogP contribution < -0.4 is 0 Å². The second kappa shape index (κ2) is 3.11. The Morgan fingerprint density at radius 3 is 2.90 bits per heavy atom. The van der Waals surface area contributed by atoms with E-state index in [9.17, 15) is 0 Å². The van der Waals surface area contributed by atoms with E-state index in [0.717, 1.165) is 5.56 Å². The molecule has 1 rings (SSSR count). The van der Waals surface area contributed by atoms with Crippen LogP contribution in [0.2, 0.25) is 0 Å². The van der Waals surface area contributed by atoms with Crippen LogP contribution >= 0.6 is 0 Å². The zero-order valence-corrected chi connectivity index (χ0v) is 5.99. The van der Waals surface area contributed by atoms with Crippen LogP contribution in [-0.2, 0) is 0 Å². The first-order chi connectivity index (χ1) is 4.84. The van der Waals surface area contributed by atoms with Gasteiger partial charge in [-0.15, -0.1) is 6.58 Å². The highest BCUT2D eigenvalue weighted by atomic mass is 15.1. The van der Waals surface area contributed by atoms with E-state index in [1.54, 1.807) is 12.4 Å². The molecule has 0 radical (unpaired) electrons. The summed E-state index contributed by atoms with van der Waals surface area (Å²) in [6, 6.07) is 1.94. The zero-order chi connectivity index (χ0) is 7.40. The molecule has 0 aliphatic carbocycles. The van der Waals surface area contributed by atoms with Gasteiger partial charge in [0.2, 0.25) is 0 Å². The van der Waals surface area contributed by atoms with Crippen molar-refractivity contribution >= 4 is 0 Å². The summed E-state index contributed by atoms with van der Waals surface area (Å²) in [5, 5.41) is 7.43. The van der Waals surface area contributed by atoms with Crippen molar-refractivity contribution in [3.8, 4) is 0 Å². The first-order valence-corrected chi connectivity index (χ1v) is 3.23. The summed E-state index contributed by atoms with van der Waals surface area (Å²) in [5.41, 5.74) is 1.16. The van der Waals surface area contributed by atoms with Gasteiger partial charge in [0.05, 0.1) is 6.20 Å². The van der Waals surface area contributed by atoms with Crippen molar-refractivity contribution in [1.82, 2.24) is 10.2 Å². The second-order valence-corrected chi connectivity index (χ2v) is 2.20. The molecule has 0 aliphatic heterocycles. The molecule has 0 saturated carbocycles. The Hall–Kier alpha value is -1.18. The van der Waals surface area contributed by atoms with Crippen molar-refractivity contribution in [2.24, 2.45) is 0 Å². The summed E-state index contributed by atoms with van der Waals surface area (Å²) in [7, 11) is 0. The number of hydrogen-bond acceptors (Lipinski definition) is 2. The zero-order valence-electron chi connectivity index (χ0n) is 5.99. The van der Waals surface area contributed by atoms with E-state index in [1.807, 2.05) is 12.1 Å². The minimum absolute atomic E-state index is 0.371. The third-order valence-corrected chi connectivity index (χ3v) is 1.49. The lowest BCUT2D eigenvalue weighted by Crippen LogP contribution is -1.89.